The summed E-state index contributed by atoms with van der Waals surface area (Å²) in [5.74, 6) is -1.25. The highest BCUT2D eigenvalue weighted by Gasteiger charge is 2.20. The lowest BCUT2D eigenvalue weighted by atomic mass is 10.0. The van der Waals surface area contributed by atoms with Crippen LogP contribution in [0.15, 0.2) is 78.9 Å². The van der Waals surface area contributed by atoms with Gasteiger partial charge in [-0.25, -0.2) is 4.39 Å². The van der Waals surface area contributed by atoms with E-state index in [2.05, 4.69) is 5.32 Å². The molecule has 3 aromatic rings. The Balaban J connectivity index is 1.68. The van der Waals surface area contributed by atoms with E-state index in [0.717, 1.165) is 11.6 Å². The molecule has 148 valence electrons. The first-order chi connectivity index (χ1) is 14.0. The number of hydrogen-bond acceptors (Lipinski definition) is 3. The molecule has 0 aromatic heterocycles. The standard InChI is InChI=1S/C23H19ClFNO3/c24-20-13-19(25)12-11-18(20)15-29-22(27)14-21(16-7-3-1-4-8-16)26-23(28)17-9-5-2-6-10-17/h1-13,21H,14-15H2,(H,26,28). The van der Waals surface area contributed by atoms with Gasteiger partial charge in [0.05, 0.1) is 17.5 Å². The van der Waals surface area contributed by atoms with Gasteiger partial charge < -0.3 is 10.1 Å². The van der Waals surface area contributed by atoms with Gasteiger partial charge in [-0.3, -0.25) is 9.59 Å². The van der Waals surface area contributed by atoms with Crippen LogP contribution < -0.4 is 5.32 Å². The smallest absolute Gasteiger partial charge is 0.308 e. The van der Waals surface area contributed by atoms with Crippen molar-refractivity contribution < 1.29 is 18.7 Å². The van der Waals surface area contributed by atoms with Crippen LogP contribution in [-0.2, 0) is 16.1 Å². The van der Waals surface area contributed by atoms with E-state index in [4.69, 9.17) is 16.3 Å². The summed E-state index contributed by atoms with van der Waals surface area (Å²) in [5.41, 5.74) is 1.79. The van der Waals surface area contributed by atoms with Crippen LogP contribution in [0.5, 0.6) is 0 Å². The molecule has 0 aliphatic rings. The van der Waals surface area contributed by atoms with Crippen molar-refractivity contribution in [1.82, 2.24) is 5.32 Å². The highest BCUT2D eigenvalue weighted by molar-refractivity contribution is 6.31. The number of esters is 1. The third kappa shape index (κ3) is 5.90. The second-order valence-corrected chi connectivity index (χ2v) is 6.81. The van der Waals surface area contributed by atoms with Gasteiger partial charge in [0, 0.05) is 11.1 Å². The largest absolute Gasteiger partial charge is 0.461 e. The summed E-state index contributed by atoms with van der Waals surface area (Å²) in [7, 11) is 0. The second-order valence-electron chi connectivity index (χ2n) is 6.40. The Morgan fingerprint density at radius 2 is 1.62 bits per heavy atom. The van der Waals surface area contributed by atoms with Gasteiger partial charge >= 0.3 is 5.97 Å². The lowest BCUT2D eigenvalue weighted by Crippen LogP contribution is -2.30. The zero-order valence-electron chi connectivity index (χ0n) is 15.5. The molecular formula is C23H19ClFNO3. The fraction of sp³-hybridized carbons (Fsp3) is 0.130. The van der Waals surface area contributed by atoms with Crippen molar-refractivity contribution in [1.29, 1.82) is 0 Å². The SMILES string of the molecule is O=C(CC(NC(=O)c1ccccc1)c1ccccc1)OCc1ccc(F)cc1Cl. The van der Waals surface area contributed by atoms with Crippen molar-refractivity contribution in [2.45, 2.75) is 19.1 Å². The first-order valence-electron chi connectivity index (χ1n) is 9.03. The van der Waals surface area contributed by atoms with Crippen molar-refractivity contribution >= 4 is 23.5 Å². The van der Waals surface area contributed by atoms with E-state index in [1.807, 2.05) is 36.4 Å². The Labute approximate surface area is 173 Å². The first kappa shape index (κ1) is 20.6. The minimum atomic E-state index is -0.555. The Kier molecular flexibility index (Phi) is 6.98. The molecule has 3 aromatic carbocycles. The lowest BCUT2D eigenvalue weighted by molar-refractivity contribution is -0.145. The van der Waals surface area contributed by atoms with Crippen LogP contribution in [-0.4, -0.2) is 11.9 Å². The van der Waals surface area contributed by atoms with Gasteiger partial charge in [-0.15, -0.1) is 0 Å². The Hall–Kier alpha value is -3.18. The minimum Gasteiger partial charge on any atom is -0.461 e. The number of amides is 1. The van der Waals surface area contributed by atoms with Crippen LogP contribution in [0.3, 0.4) is 0 Å². The molecule has 0 heterocycles. The minimum absolute atomic E-state index is 0.0542. The number of halogens is 2. The molecule has 1 unspecified atom stereocenters. The van der Waals surface area contributed by atoms with E-state index >= 15 is 0 Å². The predicted molar refractivity (Wildman–Crippen MR) is 109 cm³/mol. The molecule has 29 heavy (non-hydrogen) atoms. The summed E-state index contributed by atoms with van der Waals surface area (Å²) in [6.45, 7) is -0.0773. The summed E-state index contributed by atoms with van der Waals surface area (Å²) < 4.78 is 18.4. The van der Waals surface area contributed by atoms with Gasteiger partial charge in [0.1, 0.15) is 12.4 Å². The molecule has 1 N–H and O–H groups in total. The van der Waals surface area contributed by atoms with Crippen LogP contribution in [0.25, 0.3) is 0 Å². The first-order valence-corrected chi connectivity index (χ1v) is 9.41. The van der Waals surface area contributed by atoms with Crippen LogP contribution >= 0.6 is 11.6 Å². The van der Waals surface area contributed by atoms with E-state index in [1.165, 1.54) is 12.1 Å². The third-order valence-electron chi connectivity index (χ3n) is 4.32. The lowest BCUT2D eigenvalue weighted by Gasteiger charge is -2.19. The summed E-state index contributed by atoms with van der Waals surface area (Å²) in [4.78, 5) is 25.0. The molecule has 0 radical (unpaired) electrons. The van der Waals surface area contributed by atoms with Crippen LogP contribution in [0.1, 0.15) is 33.9 Å². The van der Waals surface area contributed by atoms with Crippen LogP contribution in [0.4, 0.5) is 4.39 Å². The van der Waals surface area contributed by atoms with Gasteiger partial charge in [-0.1, -0.05) is 66.2 Å². The van der Waals surface area contributed by atoms with Crippen LogP contribution in [0.2, 0.25) is 5.02 Å². The molecule has 6 heteroatoms. The molecule has 4 nitrogen and oxygen atoms in total. The average molecular weight is 412 g/mol. The summed E-state index contributed by atoms with van der Waals surface area (Å²) in [5, 5.41) is 3.07. The molecule has 0 saturated carbocycles. The molecule has 0 aliphatic heterocycles. The maximum absolute atomic E-state index is 13.1. The van der Waals surface area contributed by atoms with Gasteiger partial charge in [0.15, 0.2) is 0 Å². The van der Waals surface area contributed by atoms with E-state index in [-0.39, 0.29) is 24.0 Å². The fourth-order valence-corrected chi connectivity index (χ4v) is 3.01. The highest BCUT2D eigenvalue weighted by Crippen LogP contribution is 2.21. The van der Waals surface area contributed by atoms with E-state index < -0.39 is 17.8 Å². The number of rotatable bonds is 7. The summed E-state index contributed by atoms with van der Waals surface area (Å²) in [6.07, 6.45) is -0.0542. The molecule has 1 amide bonds. The van der Waals surface area contributed by atoms with Crippen molar-refractivity contribution in [2.24, 2.45) is 0 Å². The molecule has 0 saturated heterocycles. The van der Waals surface area contributed by atoms with Crippen molar-refractivity contribution in [3.8, 4) is 0 Å². The van der Waals surface area contributed by atoms with E-state index in [1.54, 1.807) is 24.3 Å². The van der Waals surface area contributed by atoms with Gasteiger partial charge in [-0.2, -0.15) is 0 Å². The van der Waals surface area contributed by atoms with Crippen molar-refractivity contribution in [2.75, 3.05) is 0 Å². The average Bonchev–Trinajstić information content (AvgIpc) is 2.74. The maximum Gasteiger partial charge on any atom is 0.308 e. The van der Waals surface area contributed by atoms with Gasteiger partial charge in [0.2, 0.25) is 0 Å². The number of carbonyl (C=O) groups excluding carboxylic acids is 2. The van der Waals surface area contributed by atoms with Gasteiger partial charge in [-0.05, 0) is 29.8 Å². The molecule has 0 aliphatic carbocycles. The van der Waals surface area contributed by atoms with Crippen molar-refractivity contribution in [3.63, 3.8) is 0 Å². The summed E-state index contributed by atoms with van der Waals surface area (Å²) in [6, 6.07) is 21.3. The van der Waals surface area contributed by atoms with E-state index in [0.29, 0.717) is 11.1 Å². The van der Waals surface area contributed by atoms with Crippen LogP contribution in [0, 0.1) is 5.82 Å². The Bertz CT molecular complexity index is 980. The quantitative estimate of drug-likeness (QED) is 0.551. The molecular weight excluding hydrogens is 393 g/mol. The Morgan fingerprint density at radius 1 is 0.966 bits per heavy atom. The number of ether oxygens (including phenoxy) is 1. The normalized spacial score (nSPS) is 11.5. The second kappa shape index (κ2) is 9.85. The third-order valence-corrected chi connectivity index (χ3v) is 4.67. The molecule has 0 fully saturated rings. The Morgan fingerprint density at radius 3 is 2.28 bits per heavy atom. The summed E-state index contributed by atoms with van der Waals surface area (Å²) >= 11 is 5.96. The number of carbonyl (C=O) groups is 2. The topological polar surface area (TPSA) is 55.4 Å². The predicted octanol–water partition coefficient (Wildman–Crippen LogP) is 5.08. The molecule has 0 spiro atoms. The van der Waals surface area contributed by atoms with Gasteiger partial charge in [0.25, 0.3) is 5.91 Å². The molecule has 3 rings (SSSR count). The number of nitrogens with one attached hydrogen (secondary N) is 1. The zero-order chi connectivity index (χ0) is 20.6. The zero-order valence-corrected chi connectivity index (χ0v) is 16.2. The number of benzene rings is 3. The maximum atomic E-state index is 13.1. The number of hydrogen-bond donors (Lipinski definition) is 1. The van der Waals surface area contributed by atoms with E-state index in [9.17, 15) is 14.0 Å². The molecule has 0 bridgehead atoms. The highest BCUT2D eigenvalue weighted by atomic mass is 35.5. The molecule has 1 atom stereocenters. The van der Waals surface area contributed by atoms with Crippen molar-refractivity contribution in [3.05, 3.63) is 106 Å². The monoisotopic (exact) mass is 411 g/mol. The fourth-order valence-electron chi connectivity index (χ4n) is 2.79.